The van der Waals surface area contributed by atoms with Gasteiger partial charge < -0.3 is 20.7 Å². The van der Waals surface area contributed by atoms with Crippen molar-refractivity contribution in [1.82, 2.24) is 10.6 Å². The van der Waals surface area contributed by atoms with Crippen LogP contribution in [0.2, 0.25) is 0 Å². The van der Waals surface area contributed by atoms with Gasteiger partial charge in [0.05, 0.1) is 0 Å². The molecule has 1 atom stereocenters. The van der Waals surface area contributed by atoms with Crippen LogP contribution in [0, 0.1) is 5.92 Å². The summed E-state index contributed by atoms with van der Waals surface area (Å²) < 4.78 is 5.39. The fourth-order valence-electron chi connectivity index (χ4n) is 3.20. The van der Waals surface area contributed by atoms with Gasteiger partial charge in [-0.1, -0.05) is 12.1 Å². The van der Waals surface area contributed by atoms with E-state index in [2.05, 4.69) is 16.0 Å². The lowest BCUT2D eigenvalue weighted by molar-refractivity contribution is -0.124. The minimum atomic E-state index is -0.347. The molecule has 0 unspecified atom stereocenters. The summed E-state index contributed by atoms with van der Waals surface area (Å²) in [4.78, 5) is 24.1. The number of ether oxygens (including phenoxy) is 1. The molecule has 2 saturated heterocycles. The second-order valence-electron chi connectivity index (χ2n) is 6.81. The van der Waals surface area contributed by atoms with E-state index in [-0.39, 0.29) is 18.0 Å². The highest BCUT2D eigenvalue weighted by Gasteiger charge is 2.23. The molecule has 2 aliphatic rings. The van der Waals surface area contributed by atoms with Crippen molar-refractivity contribution in [3.8, 4) is 0 Å². The quantitative estimate of drug-likeness (QED) is 0.712. The highest BCUT2D eigenvalue weighted by Crippen LogP contribution is 2.21. The molecule has 2 heterocycles. The van der Waals surface area contributed by atoms with E-state index in [1.807, 2.05) is 36.0 Å². The Labute approximate surface area is 158 Å². The van der Waals surface area contributed by atoms with Crippen LogP contribution in [0.5, 0.6) is 0 Å². The van der Waals surface area contributed by atoms with Gasteiger partial charge in [0.2, 0.25) is 0 Å². The van der Waals surface area contributed by atoms with Crippen molar-refractivity contribution in [1.29, 1.82) is 0 Å². The summed E-state index contributed by atoms with van der Waals surface area (Å²) in [5, 5.41) is 8.73. The Bertz CT molecular complexity index is 614. The third kappa shape index (κ3) is 5.92. The summed E-state index contributed by atoms with van der Waals surface area (Å²) >= 11 is 1.99. The average molecular weight is 378 g/mol. The lowest BCUT2D eigenvalue weighted by Gasteiger charge is -2.21. The number of rotatable bonds is 6. The number of urea groups is 1. The van der Waals surface area contributed by atoms with Gasteiger partial charge in [-0.25, -0.2) is 4.79 Å². The third-order valence-corrected chi connectivity index (χ3v) is 5.81. The highest BCUT2D eigenvalue weighted by molar-refractivity contribution is 7.99. The van der Waals surface area contributed by atoms with Crippen molar-refractivity contribution in [2.75, 3.05) is 30.0 Å². The van der Waals surface area contributed by atoms with E-state index in [1.165, 1.54) is 24.3 Å². The Kier molecular flexibility index (Phi) is 7.20. The number of anilines is 1. The minimum absolute atomic E-state index is 0.101. The van der Waals surface area contributed by atoms with Gasteiger partial charge in [-0.3, -0.25) is 4.79 Å². The summed E-state index contributed by atoms with van der Waals surface area (Å²) in [6.45, 7) is 1.82. The van der Waals surface area contributed by atoms with E-state index in [0.717, 1.165) is 30.6 Å². The van der Waals surface area contributed by atoms with Gasteiger partial charge in [-0.2, -0.15) is 11.8 Å². The highest BCUT2D eigenvalue weighted by atomic mass is 32.2. The topological polar surface area (TPSA) is 79.5 Å². The number of thioether (sulfide) groups is 1. The monoisotopic (exact) mass is 377 g/mol. The molecule has 2 aliphatic heterocycles. The molecule has 0 spiro atoms. The molecule has 7 heteroatoms. The number of carbonyl (C=O) groups is 2. The van der Waals surface area contributed by atoms with Gasteiger partial charge in [-0.05, 0) is 60.8 Å². The summed E-state index contributed by atoms with van der Waals surface area (Å²) in [5.41, 5.74) is 1.67. The Morgan fingerprint density at radius 2 is 2.00 bits per heavy atom. The molecule has 3 amide bonds. The van der Waals surface area contributed by atoms with Crippen LogP contribution in [-0.4, -0.2) is 42.7 Å². The van der Waals surface area contributed by atoms with Crippen molar-refractivity contribution in [2.45, 2.75) is 38.3 Å². The summed E-state index contributed by atoms with van der Waals surface area (Å²) in [6, 6.07) is 7.39. The SMILES string of the molecule is O=C(NCc1cccc(NC(=O)[C@@H]2CCCO2)c1)NCC1CCSCC1. The number of amides is 3. The van der Waals surface area contributed by atoms with Crippen LogP contribution < -0.4 is 16.0 Å². The maximum absolute atomic E-state index is 12.1. The van der Waals surface area contributed by atoms with Crippen LogP contribution in [0.3, 0.4) is 0 Å². The molecular weight excluding hydrogens is 350 g/mol. The Morgan fingerprint density at radius 1 is 1.15 bits per heavy atom. The summed E-state index contributed by atoms with van der Waals surface area (Å²) in [6.07, 6.45) is 3.71. The Morgan fingerprint density at radius 3 is 2.77 bits per heavy atom. The zero-order chi connectivity index (χ0) is 18.2. The molecule has 1 aromatic carbocycles. The summed E-state index contributed by atoms with van der Waals surface area (Å²) in [5.74, 6) is 2.88. The Hall–Kier alpha value is -1.73. The van der Waals surface area contributed by atoms with Crippen molar-refractivity contribution in [3.63, 3.8) is 0 Å². The number of nitrogens with one attached hydrogen (secondary N) is 3. The first-order valence-electron chi connectivity index (χ1n) is 9.31. The smallest absolute Gasteiger partial charge is 0.315 e. The molecule has 6 nitrogen and oxygen atoms in total. The van der Waals surface area contributed by atoms with Crippen molar-refractivity contribution < 1.29 is 14.3 Å². The summed E-state index contributed by atoms with van der Waals surface area (Å²) in [7, 11) is 0. The van der Waals surface area contributed by atoms with E-state index < -0.39 is 0 Å². The molecule has 142 valence electrons. The van der Waals surface area contributed by atoms with Gasteiger partial charge >= 0.3 is 6.03 Å². The molecule has 0 bridgehead atoms. The lowest BCUT2D eigenvalue weighted by Crippen LogP contribution is -2.38. The van der Waals surface area contributed by atoms with Crippen LogP contribution in [-0.2, 0) is 16.1 Å². The first-order valence-corrected chi connectivity index (χ1v) is 10.5. The van der Waals surface area contributed by atoms with E-state index in [0.29, 0.717) is 19.1 Å². The van der Waals surface area contributed by atoms with Crippen molar-refractivity contribution in [2.24, 2.45) is 5.92 Å². The van der Waals surface area contributed by atoms with Gasteiger partial charge in [0.1, 0.15) is 6.10 Å². The van der Waals surface area contributed by atoms with Gasteiger partial charge in [-0.15, -0.1) is 0 Å². The molecule has 0 radical (unpaired) electrons. The first-order chi connectivity index (χ1) is 12.7. The molecule has 2 fully saturated rings. The van der Waals surface area contributed by atoms with Gasteiger partial charge in [0, 0.05) is 25.4 Å². The number of hydrogen-bond donors (Lipinski definition) is 3. The molecule has 0 aliphatic carbocycles. The van der Waals surface area contributed by atoms with E-state index in [4.69, 9.17) is 4.74 Å². The van der Waals surface area contributed by atoms with E-state index >= 15 is 0 Å². The number of carbonyl (C=O) groups excluding carboxylic acids is 2. The second-order valence-corrected chi connectivity index (χ2v) is 8.04. The maximum atomic E-state index is 12.1. The Balaban J connectivity index is 1.41. The lowest BCUT2D eigenvalue weighted by atomic mass is 10.0. The maximum Gasteiger partial charge on any atom is 0.315 e. The zero-order valence-electron chi connectivity index (χ0n) is 15.0. The largest absolute Gasteiger partial charge is 0.368 e. The predicted octanol–water partition coefficient (Wildman–Crippen LogP) is 2.75. The molecule has 1 aromatic rings. The van der Waals surface area contributed by atoms with Gasteiger partial charge in [0.15, 0.2) is 0 Å². The molecule has 3 N–H and O–H groups in total. The van der Waals surface area contributed by atoms with Crippen LogP contribution in [0.25, 0.3) is 0 Å². The molecule has 3 rings (SSSR count). The molecular formula is C19H27N3O3S. The third-order valence-electron chi connectivity index (χ3n) is 4.76. The van der Waals surface area contributed by atoms with Crippen LogP contribution in [0.4, 0.5) is 10.5 Å². The van der Waals surface area contributed by atoms with Crippen LogP contribution in [0.1, 0.15) is 31.2 Å². The second kappa shape index (κ2) is 9.83. The standard InChI is InChI=1S/C19H27N3O3S/c23-18(17-5-2-8-25-17)22-16-4-1-3-15(11-16)13-21-19(24)20-12-14-6-9-26-10-7-14/h1,3-4,11,14,17H,2,5-10,12-13H2,(H,22,23)(H2,20,21,24)/t17-/m0/s1. The zero-order valence-corrected chi connectivity index (χ0v) is 15.8. The first kappa shape index (κ1) is 19.0. The minimum Gasteiger partial charge on any atom is -0.368 e. The van der Waals surface area contributed by atoms with Crippen LogP contribution in [0.15, 0.2) is 24.3 Å². The normalized spacial score (nSPS) is 20.5. The predicted molar refractivity (Wildman–Crippen MR) is 104 cm³/mol. The van der Waals surface area contributed by atoms with Crippen molar-refractivity contribution in [3.05, 3.63) is 29.8 Å². The molecule has 26 heavy (non-hydrogen) atoms. The molecule has 0 aromatic heterocycles. The number of benzene rings is 1. The van der Waals surface area contributed by atoms with E-state index in [9.17, 15) is 9.59 Å². The fraction of sp³-hybridized carbons (Fsp3) is 0.579. The molecule has 0 saturated carbocycles. The van der Waals surface area contributed by atoms with Crippen LogP contribution >= 0.6 is 11.8 Å². The average Bonchev–Trinajstić information content (AvgIpc) is 3.21. The number of hydrogen-bond acceptors (Lipinski definition) is 4. The fourth-order valence-corrected chi connectivity index (χ4v) is 4.40. The van der Waals surface area contributed by atoms with E-state index in [1.54, 1.807) is 0 Å². The van der Waals surface area contributed by atoms with Gasteiger partial charge in [0.25, 0.3) is 5.91 Å². The van der Waals surface area contributed by atoms with Crippen molar-refractivity contribution >= 4 is 29.4 Å².